The number of esters is 1. The van der Waals surface area contributed by atoms with Gasteiger partial charge in [-0.25, -0.2) is 4.79 Å². The molecule has 0 fully saturated rings. The number of hydrogen-bond donors (Lipinski definition) is 0. The predicted molar refractivity (Wildman–Crippen MR) is 151 cm³/mol. The molecule has 0 unspecified atom stereocenters. The van der Waals surface area contributed by atoms with Crippen molar-refractivity contribution in [3.8, 4) is 23.0 Å². The molecule has 0 saturated carbocycles. The second-order valence-electron chi connectivity index (χ2n) is 8.83. The Bertz CT molecular complexity index is 1530. The second-order valence-corrected chi connectivity index (χ2v) is 8.83. The maximum absolute atomic E-state index is 12.7. The summed E-state index contributed by atoms with van der Waals surface area (Å²) in [5, 5.41) is 0. The molecule has 5 rings (SSSR count). The van der Waals surface area contributed by atoms with Crippen LogP contribution < -0.4 is 9.47 Å². The van der Waals surface area contributed by atoms with Gasteiger partial charge in [0, 0.05) is 28.3 Å². The molecule has 0 N–H and O–H groups in total. The van der Waals surface area contributed by atoms with Crippen LogP contribution in [0.3, 0.4) is 0 Å². The number of methoxy groups -OCH3 is 1. The molecule has 0 saturated heterocycles. The molecule has 0 amide bonds. The number of carbonyl (C=O) groups excluding carboxylic acids is 3. The molecule has 40 heavy (non-hydrogen) atoms. The third kappa shape index (κ3) is 6.14. The zero-order valence-electron chi connectivity index (χ0n) is 21.6. The average molecular weight is 529 g/mol. The van der Waals surface area contributed by atoms with Gasteiger partial charge in [-0.15, -0.1) is 0 Å². The predicted octanol–water partition coefficient (Wildman–Crippen LogP) is 7.52. The van der Waals surface area contributed by atoms with Crippen molar-refractivity contribution in [1.82, 2.24) is 0 Å². The highest BCUT2D eigenvalue weighted by Gasteiger charge is 2.14. The molecule has 5 aromatic rings. The molecule has 0 aliphatic heterocycles. The Kier molecular flexibility index (Phi) is 7.79. The average Bonchev–Trinajstić information content (AvgIpc) is 3.01. The van der Waals surface area contributed by atoms with Crippen LogP contribution in [0.25, 0.3) is 0 Å². The van der Waals surface area contributed by atoms with Crippen LogP contribution in [0.2, 0.25) is 0 Å². The summed E-state index contributed by atoms with van der Waals surface area (Å²) in [6, 6.07) is 36.2. The minimum atomic E-state index is -0.553. The SMILES string of the molecule is COC(=O)c1cc(Oc2ccc(C(=O)c3ccccc3)cc2)cc(Oc2ccc(C(=O)c3ccccc3)cc2)c1. The van der Waals surface area contributed by atoms with Gasteiger partial charge in [-0.1, -0.05) is 60.7 Å². The molecule has 0 aliphatic rings. The molecular weight excluding hydrogens is 504 g/mol. The summed E-state index contributed by atoms with van der Waals surface area (Å²) in [6.07, 6.45) is 0. The van der Waals surface area contributed by atoms with E-state index in [1.165, 1.54) is 7.11 Å². The smallest absolute Gasteiger partial charge is 0.338 e. The summed E-state index contributed by atoms with van der Waals surface area (Å²) in [7, 11) is 1.29. The fraction of sp³-hybridized carbons (Fsp3) is 0.0294. The van der Waals surface area contributed by atoms with E-state index in [0.717, 1.165) is 0 Å². The van der Waals surface area contributed by atoms with Gasteiger partial charge in [0.2, 0.25) is 0 Å². The van der Waals surface area contributed by atoms with Crippen molar-refractivity contribution >= 4 is 17.5 Å². The maximum Gasteiger partial charge on any atom is 0.338 e. The number of rotatable bonds is 9. The number of ether oxygens (including phenoxy) is 3. The minimum absolute atomic E-state index is 0.0907. The molecule has 0 aliphatic carbocycles. The van der Waals surface area contributed by atoms with Crippen molar-refractivity contribution in [3.63, 3.8) is 0 Å². The van der Waals surface area contributed by atoms with Gasteiger partial charge < -0.3 is 14.2 Å². The highest BCUT2D eigenvalue weighted by Crippen LogP contribution is 2.31. The van der Waals surface area contributed by atoms with Crippen molar-refractivity contribution in [2.75, 3.05) is 7.11 Å². The number of ketones is 2. The van der Waals surface area contributed by atoms with Gasteiger partial charge in [0.25, 0.3) is 0 Å². The largest absolute Gasteiger partial charge is 0.465 e. The van der Waals surface area contributed by atoms with Gasteiger partial charge in [0.15, 0.2) is 11.6 Å². The zero-order chi connectivity index (χ0) is 27.9. The van der Waals surface area contributed by atoms with Crippen LogP contribution in [-0.2, 0) is 4.74 Å². The Balaban J connectivity index is 1.34. The van der Waals surface area contributed by atoms with Crippen LogP contribution in [0.15, 0.2) is 127 Å². The standard InChI is InChI=1S/C34H24O6/c1-38-34(37)27-20-30(39-28-16-12-25(13-17-28)32(35)23-8-4-2-5-9-23)22-31(21-27)40-29-18-14-26(15-19-29)33(36)24-10-6-3-7-11-24/h2-22H,1H3. The molecule has 0 spiro atoms. The third-order valence-corrected chi connectivity index (χ3v) is 6.08. The van der Waals surface area contributed by atoms with Crippen LogP contribution in [-0.4, -0.2) is 24.6 Å². The topological polar surface area (TPSA) is 78.9 Å². The molecule has 196 valence electrons. The summed E-state index contributed by atoms with van der Waals surface area (Å²) in [5.74, 6) is 0.900. The Morgan fingerprint density at radius 3 is 1.18 bits per heavy atom. The number of hydrogen-bond acceptors (Lipinski definition) is 6. The van der Waals surface area contributed by atoms with Crippen molar-refractivity contribution in [3.05, 3.63) is 155 Å². The summed E-state index contributed by atoms with van der Waals surface area (Å²) >= 11 is 0. The fourth-order valence-electron chi connectivity index (χ4n) is 4.06. The van der Waals surface area contributed by atoms with Crippen LogP contribution in [0.1, 0.15) is 42.2 Å². The van der Waals surface area contributed by atoms with Crippen molar-refractivity contribution in [1.29, 1.82) is 0 Å². The van der Waals surface area contributed by atoms with Gasteiger partial charge in [-0.2, -0.15) is 0 Å². The molecule has 0 radical (unpaired) electrons. The molecular formula is C34H24O6. The Hall–Kier alpha value is -5.49. The summed E-state index contributed by atoms with van der Waals surface area (Å²) < 4.78 is 16.9. The van der Waals surface area contributed by atoms with Crippen molar-refractivity contribution in [2.24, 2.45) is 0 Å². The molecule has 0 atom stereocenters. The normalized spacial score (nSPS) is 10.4. The zero-order valence-corrected chi connectivity index (χ0v) is 21.6. The van der Waals surface area contributed by atoms with Crippen LogP contribution in [0.5, 0.6) is 23.0 Å². The van der Waals surface area contributed by atoms with E-state index < -0.39 is 5.97 Å². The van der Waals surface area contributed by atoms with Gasteiger partial charge >= 0.3 is 5.97 Å². The van der Waals surface area contributed by atoms with E-state index in [-0.39, 0.29) is 17.1 Å². The first-order valence-electron chi connectivity index (χ1n) is 12.5. The summed E-state index contributed by atoms with van der Waals surface area (Å²) in [6.45, 7) is 0. The maximum atomic E-state index is 12.7. The summed E-state index contributed by atoms with van der Waals surface area (Å²) in [5.41, 5.74) is 2.49. The number of carbonyl (C=O) groups is 3. The molecule has 0 heterocycles. The van der Waals surface area contributed by atoms with Gasteiger partial charge in [-0.05, 0) is 60.7 Å². The first-order valence-corrected chi connectivity index (χ1v) is 12.5. The van der Waals surface area contributed by atoms with Crippen molar-refractivity contribution in [2.45, 2.75) is 0 Å². The third-order valence-electron chi connectivity index (χ3n) is 6.08. The summed E-state index contributed by atoms with van der Waals surface area (Å²) in [4.78, 5) is 37.7. The first kappa shape index (κ1) is 26.1. The number of benzene rings is 5. The quantitative estimate of drug-likeness (QED) is 0.145. The van der Waals surface area contributed by atoms with Crippen LogP contribution in [0.4, 0.5) is 0 Å². The molecule has 6 heteroatoms. The lowest BCUT2D eigenvalue weighted by molar-refractivity contribution is 0.0599. The van der Waals surface area contributed by atoms with E-state index in [1.807, 2.05) is 36.4 Å². The van der Waals surface area contributed by atoms with Crippen LogP contribution in [0, 0.1) is 0 Å². The van der Waals surface area contributed by atoms with E-state index in [0.29, 0.717) is 45.3 Å². The monoisotopic (exact) mass is 528 g/mol. The van der Waals surface area contributed by atoms with E-state index in [1.54, 1.807) is 91.0 Å². The van der Waals surface area contributed by atoms with Crippen molar-refractivity contribution < 1.29 is 28.6 Å². The fourth-order valence-corrected chi connectivity index (χ4v) is 4.06. The molecule has 0 bridgehead atoms. The van der Waals surface area contributed by atoms with E-state index >= 15 is 0 Å². The first-order chi connectivity index (χ1) is 19.5. The lowest BCUT2D eigenvalue weighted by Crippen LogP contribution is -2.03. The Morgan fingerprint density at radius 1 is 0.425 bits per heavy atom. The Morgan fingerprint density at radius 2 is 0.800 bits per heavy atom. The lowest BCUT2D eigenvalue weighted by atomic mass is 10.0. The van der Waals surface area contributed by atoms with E-state index in [4.69, 9.17) is 14.2 Å². The van der Waals surface area contributed by atoms with Gasteiger partial charge in [-0.3, -0.25) is 9.59 Å². The lowest BCUT2D eigenvalue weighted by Gasteiger charge is -2.12. The van der Waals surface area contributed by atoms with Gasteiger partial charge in [0.05, 0.1) is 12.7 Å². The molecule has 0 aromatic heterocycles. The molecule has 6 nitrogen and oxygen atoms in total. The van der Waals surface area contributed by atoms with Crippen LogP contribution >= 0.6 is 0 Å². The minimum Gasteiger partial charge on any atom is -0.465 e. The Labute approximate surface area is 231 Å². The second kappa shape index (κ2) is 11.9. The van der Waals surface area contributed by atoms with Gasteiger partial charge in [0.1, 0.15) is 23.0 Å². The molecule has 5 aromatic carbocycles. The highest BCUT2D eigenvalue weighted by molar-refractivity contribution is 6.09. The van der Waals surface area contributed by atoms with E-state index in [2.05, 4.69) is 0 Å². The highest BCUT2D eigenvalue weighted by atomic mass is 16.5. The van der Waals surface area contributed by atoms with E-state index in [9.17, 15) is 14.4 Å².